The van der Waals surface area contributed by atoms with Crippen LogP contribution in [0.5, 0.6) is 0 Å². The molecule has 0 aliphatic rings. The zero-order chi connectivity index (χ0) is 20.0. The summed E-state index contributed by atoms with van der Waals surface area (Å²) in [5, 5.41) is 2.62. The zero-order valence-electron chi connectivity index (χ0n) is 15.3. The smallest absolute Gasteiger partial charge is 0.133 e. The van der Waals surface area contributed by atoms with Gasteiger partial charge in [-0.3, -0.25) is 0 Å². The van der Waals surface area contributed by atoms with E-state index in [2.05, 4.69) is 0 Å². The first-order valence-electron chi connectivity index (χ1n) is 9.29. The van der Waals surface area contributed by atoms with Crippen LogP contribution in [0.4, 0.5) is 13.2 Å². The Balaban J connectivity index is 2.04. The molecule has 0 bridgehead atoms. The lowest BCUT2D eigenvalue weighted by atomic mass is 9.85. The molecule has 0 amide bonds. The van der Waals surface area contributed by atoms with E-state index in [0.717, 1.165) is 28.0 Å². The van der Waals surface area contributed by atoms with Crippen LogP contribution in [0.25, 0.3) is 43.8 Å². The summed E-state index contributed by atoms with van der Waals surface area (Å²) in [5.41, 5.74) is 2.45. The third-order valence-corrected chi connectivity index (χ3v) is 5.26. The Morgan fingerprint density at radius 1 is 0.483 bits per heavy atom. The van der Waals surface area contributed by atoms with Gasteiger partial charge in [-0.2, -0.15) is 0 Å². The third kappa shape index (κ3) is 2.78. The van der Waals surface area contributed by atoms with Crippen LogP contribution >= 0.6 is 0 Å². The highest BCUT2D eigenvalue weighted by molar-refractivity contribution is 6.21. The maximum absolute atomic E-state index is 15.2. The molecule has 0 saturated heterocycles. The number of rotatable bonds is 2. The quantitative estimate of drug-likeness (QED) is 0.273. The van der Waals surface area contributed by atoms with E-state index < -0.39 is 11.6 Å². The van der Waals surface area contributed by atoms with Crippen molar-refractivity contribution in [3.8, 4) is 22.3 Å². The minimum Gasteiger partial charge on any atom is -0.207 e. The molecule has 0 nitrogen and oxygen atoms in total. The summed E-state index contributed by atoms with van der Waals surface area (Å²) in [6.45, 7) is 0. The molecular weight excluding hydrogens is 369 g/mol. The molecule has 0 atom stereocenters. The first kappa shape index (κ1) is 17.5. The van der Waals surface area contributed by atoms with Gasteiger partial charge < -0.3 is 0 Å². The molecule has 29 heavy (non-hydrogen) atoms. The summed E-state index contributed by atoms with van der Waals surface area (Å²) >= 11 is 0. The van der Waals surface area contributed by atoms with Gasteiger partial charge >= 0.3 is 0 Å². The van der Waals surface area contributed by atoms with Crippen molar-refractivity contribution in [2.75, 3.05) is 0 Å². The Morgan fingerprint density at radius 3 is 1.86 bits per heavy atom. The van der Waals surface area contributed by atoms with Crippen LogP contribution in [0, 0.1) is 17.5 Å². The van der Waals surface area contributed by atoms with Crippen LogP contribution < -0.4 is 0 Å². The number of benzene rings is 5. The van der Waals surface area contributed by atoms with Gasteiger partial charge in [0.15, 0.2) is 0 Å². The van der Waals surface area contributed by atoms with Crippen LogP contribution in [0.1, 0.15) is 0 Å². The predicted molar refractivity (Wildman–Crippen MR) is 112 cm³/mol. The van der Waals surface area contributed by atoms with Crippen LogP contribution in [0.2, 0.25) is 0 Å². The average Bonchev–Trinajstić information content (AvgIpc) is 2.74. The van der Waals surface area contributed by atoms with E-state index in [1.165, 1.54) is 18.2 Å². The van der Waals surface area contributed by atoms with Gasteiger partial charge in [0, 0.05) is 28.1 Å². The lowest BCUT2D eigenvalue weighted by Crippen LogP contribution is -1.95. The summed E-state index contributed by atoms with van der Waals surface area (Å²) in [7, 11) is 0. The molecule has 140 valence electrons. The average molecular weight is 384 g/mol. The normalized spacial score (nSPS) is 11.3. The first-order chi connectivity index (χ1) is 14.1. The molecule has 0 aliphatic heterocycles. The molecule has 3 heteroatoms. The molecule has 5 rings (SSSR count). The van der Waals surface area contributed by atoms with Gasteiger partial charge in [0.05, 0.1) is 0 Å². The zero-order valence-corrected chi connectivity index (χ0v) is 15.3. The number of fused-ring (bicyclic) bond motifs is 2. The van der Waals surface area contributed by atoms with Gasteiger partial charge in [-0.15, -0.1) is 0 Å². The fraction of sp³-hybridized carbons (Fsp3) is 0. The lowest BCUT2D eigenvalue weighted by Gasteiger charge is -2.18. The van der Waals surface area contributed by atoms with Gasteiger partial charge in [-0.25, -0.2) is 13.2 Å². The minimum atomic E-state index is -0.673. The van der Waals surface area contributed by atoms with Crippen molar-refractivity contribution in [2.45, 2.75) is 0 Å². The topological polar surface area (TPSA) is 0 Å². The van der Waals surface area contributed by atoms with Crippen molar-refractivity contribution >= 4 is 21.5 Å². The molecule has 0 radical (unpaired) electrons. The van der Waals surface area contributed by atoms with Crippen molar-refractivity contribution in [3.05, 3.63) is 108 Å². The molecule has 0 N–H and O–H groups in total. The monoisotopic (exact) mass is 384 g/mol. The second kappa shape index (κ2) is 6.78. The maximum Gasteiger partial charge on any atom is 0.133 e. The van der Waals surface area contributed by atoms with E-state index in [4.69, 9.17) is 0 Å². The van der Waals surface area contributed by atoms with Gasteiger partial charge in [-0.1, -0.05) is 66.7 Å². The SMILES string of the molecule is Fc1ccc(-c2c3ccccc3c(-c3ccccc3)c3c(F)cccc23)c(F)c1. The highest BCUT2D eigenvalue weighted by Gasteiger charge is 2.20. The largest absolute Gasteiger partial charge is 0.207 e. The molecule has 5 aromatic rings. The van der Waals surface area contributed by atoms with Crippen molar-refractivity contribution in [3.63, 3.8) is 0 Å². The molecule has 0 heterocycles. The minimum absolute atomic E-state index is 0.248. The van der Waals surface area contributed by atoms with Crippen LogP contribution in [0.15, 0.2) is 91.0 Å². The van der Waals surface area contributed by atoms with Crippen LogP contribution in [0.3, 0.4) is 0 Å². The van der Waals surface area contributed by atoms with Gasteiger partial charge in [0.25, 0.3) is 0 Å². The molecule has 0 aliphatic carbocycles. The van der Waals surface area contributed by atoms with Crippen molar-refractivity contribution in [1.82, 2.24) is 0 Å². The first-order valence-corrected chi connectivity index (χ1v) is 9.29. The summed E-state index contributed by atoms with van der Waals surface area (Å²) < 4.78 is 43.5. The number of hydrogen-bond acceptors (Lipinski definition) is 0. The van der Waals surface area contributed by atoms with Crippen molar-refractivity contribution in [1.29, 1.82) is 0 Å². The third-order valence-electron chi connectivity index (χ3n) is 5.26. The van der Waals surface area contributed by atoms with Crippen LogP contribution in [-0.2, 0) is 0 Å². The molecular formula is C26H15F3. The second-order valence-corrected chi connectivity index (χ2v) is 6.95. The fourth-order valence-corrected chi connectivity index (χ4v) is 4.07. The van der Waals surface area contributed by atoms with Crippen molar-refractivity contribution in [2.24, 2.45) is 0 Å². The number of halogens is 3. The Labute approximate surface area is 165 Å². The molecule has 0 saturated carbocycles. The predicted octanol–water partition coefficient (Wildman–Crippen LogP) is 7.74. The summed E-state index contributed by atoms with van der Waals surface area (Å²) in [6.07, 6.45) is 0. The van der Waals surface area contributed by atoms with Gasteiger partial charge in [0.2, 0.25) is 0 Å². The van der Waals surface area contributed by atoms with E-state index in [0.29, 0.717) is 16.3 Å². The lowest BCUT2D eigenvalue weighted by molar-refractivity contribution is 0.586. The van der Waals surface area contributed by atoms with Gasteiger partial charge in [0.1, 0.15) is 17.5 Å². The standard InChI is InChI=1S/C26H15F3/c27-17-13-14-20(23(29)15-17)25-19-10-5-4-9-18(19)24(16-7-2-1-3-8-16)26-21(25)11-6-12-22(26)28/h1-15H. The van der Waals surface area contributed by atoms with Crippen molar-refractivity contribution < 1.29 is 13.2 Å². The molecule has 5 aromatic carbocycles. The Hall–Kier alpha value is -3.59. The summed E-state index contributed by atoms with van der Waals surface area (Å²) in [4.78, 5) is 0. The molecule has 0 unspecified atom stereocenters. The van der Waals surface area contributed by atoms with E-state index in [9.17, 15) is 8.78 Å². The fourth-order valence-electron chi connectivity index (χ4n) is 4.07. The Morgan fingerprint density at radius 2 is 1.14 bits per heavy atom. The van der Waals surface area contributed by atoms with E-state index in [1.807, 2.05) is 54.6 Å². The molecule has 0 spiro atoms. The highest BCUT2D eigenvalue weighted by atomic mass is 19.1. The molecule has 0 aromatic heterocycles. The Kier molecular flexibility index (Phi) is 4.09. The van der Waals surface area contributed by atoms with Crippen LogP contribution in [-0.4, -0.2) is 0 Å². The van der Waals surface area contributed by atoms with E-state index in [1.54, 1.807) is 12.1 Å². The molecule has 0 fully saturated rings. The van der Waals surface area contributed by atoms with Gasteiger partial charge in [-0.05, 0) is 39.9 Å². The summed E-state index contributed by atoms with van der Waals surface area (Å²) in [5.74, 6) is -1.70. The second-order valence-electron chi connectivity index (χ2n) is 6.95. The van der Waals surface area contributed by atoms with E-state index >= 15 is 4.39 Å². The number of hydrogen-bond donors (Lipinski definition) is 0. The highest BCUT2D eigenvalue weighted by Crippen LogP contribution is 2.44. The van der Waals surface area contributed by atoms with E-state index in [-0.39, 0.29) is 11.4 Å². The maximum atomic E-state index is 15.2. The Bertz CT molecular complexity index is 1370. The summed E-state index contributed by atoms with van der Waals surface area (Å²) in [6, 6.07) is 25.5.